The van der Waals surface area contributed by atoms with Gasteiger partial charge in [-0.15, -0.1) is 0 Å². The third kappa shape index (κ3) is 6.86. The van der Waals surface area contributed by atoms with Crippen LogP contribution in [0.2, 0.25) is 0 Å². The molecule has 3 rings (SSSR count). The van der Waals surface area contributed by atoms with Gasteiger partial charge in [-0.3, -0.25) is 9.59 Å². The molecule has 0 spiro atoms. The van der Waals surface area contributed by atoms with Crippen molar-refractivity contribution in [3.63, 3.8) is 0 Å². The van der Waals surface area contributed by atoms with Gasteiger partial charge in [-0.2, -0.15) is 26.3 Å². The molecule has 2 aromatic carbocycles. The molecule has 194 valence electrons. The number of allylic oxidation sites excluding steroid dienone is 1. The van der Waals surface area contributed by atoms with Gasteiger partial charge >= 0.3 is 12.4 Å². The molecule has 1 atom stereocenters. The molecule has 1 aliphatic rings. The van der Waals surface area contributed by atoms with E-state index in [9.17, 15) is 40.3 Å². The summed E-state index contributed by atoms with van der Waals surface area (Å²) in [6.07, 6.45) is -6.77. The van der Waals surface area contributed by atoms with E-state index in [4.69, 9.17) is 0 Å². The van der Waals surface area contributed by atoms with Crippen molar-refractivity contribution in [1.82, 2.24) is 10.6 Å². The molecule has 0 radical (unpaired) electrons. The second kappa shape index (κ2) is 10.2. The van der Waals surface area contributed by atoms with Crippen molar-refractivity contribution in [3.05, 3.63) is 75.0 Å². The fourth-order valence-electron chi connectivity index (χ4n) is 3.47. The smallest absolute Gasteiger partial charge is 0.345 e. The molecule has 0 saturated heterocycles. The molecular formula is C24H20BrF7N2O2. The summed E-state index contributed by atoms with van der Waals surface area (Å²) in [6, 6.07) is 7.23. The zero-order chi connectivity index (χ0) is 26.9. The van der Waals surface area contributed by atoms with E-state index in [1.165, 1.54) is 31.2 Å². The molecule has 12 heteroatoms. The van der Waals surface area contributed by atoms with Gasteiger partial charge in [-0.25, -0.2) is 4.39 Å². The molecule has 1 saturated carbocycles. The van der Waals surface area contributed by atoms with Crippen LogP contribution in [0.5, 0.6) is 0 Å². The van der Waals surface area contributed by atoms with Gasteiger partial charge < -0.3 is 10.6 Å². The average molecular weight is 581 g/mol. The summed E-state index contributed by atoms with van der Waals surface area (Å²) < 4.78 is 91.7. The lowest BCUT2D eigenvalue weighted by molar-refractivity contribution is -0.140. The first kappa shape index (κ1) is 27.7. The highest BCUT2D eigenvalue weighted by molar-refractivity contribution is 9.10. The Morgan fingerprint density at radius 1 is 1.08 bits per heavy atom. The Morgan fingerprint density at radius 2 is 1.75 bits per heavy atom. The molecule has 1 unspecified atom stereocenters. The van der Waals surface area contributed by atoms with E-state index in [2.05, 4.69) is 21.2 Å². The van der Waals surface area contributed by atoms with E-state index in [0.29, 0.717) is 5.56 Å². The van der Waals surface area contributed by atoms with Crippen LogP contribution in [0.4, 0.5) is 30.7 Å². The van der Waals surface area contributed by atoms with Crippen molar-refractivity contribution < 1.29 is 40.3 Å². The van der Waals surface area contributed by atoms with E-state index in [0.717, 1.165) is 24.3 Å². The first-order chi connectivity index (χ1) is 16.6. The van der Waals surface area contributed by atoms with Gasteiger partial charge in [0.1, 0.15) is 17.9 Å². The molecular weight excluding hydrogens is 561 g/mol. The minimum Gasteiger partial charge on any atom is -0.345 e. The summed E-state index contributed by atoms with van der Waals surface area (Å²) in [5, 5.41) is 4.19. The van der Waals surface area contributed by atoms with Gasteiger partial charge in [0.05, 0.1) is 11.5 Å². The predicted octanol–water partition coefficient (Wildman–Crippen LogP) is 6.20. The largest absolute Gasteiger partial charge is 0.405 e. The average Bonchev–Trinajstić information content (AvgIpc) is 3.53. The molecule has 0 aromatic heterocycles. The Hall–Kier alpha value is -2.89. The molecule has 0 bridgehead atoms. The second-order valence-electron chi connectivity index (χ2n) is 8.46. The predicted molar refractivity (Wildman–Crippen MR) is 122 cm³/mol. The van der Waals surface area contributed by atoms with Gasteiger partial charge in [0.15, 0.2) is 0 Å². The monoisotopic (exact) mass is 580 g/mol. The minimum atomic E-state index is -4.64. The molecule has 2 amide bonds. The number of carbonyl (C=O) groups is 2. The highest BCUT2D eigenvalue weighted by Gasteiger charge is 2.52. The summed E-state index contributed by atoms with van der Waals surface area (Å²) in [7, 11) is 0. The number of hydrogen-bond acceptors (Lipinski definition) is 2. The third-order valence-corrected chi connectivity index (χ3v) is 6.26. The Labute approximate surface area is 210 Å². The summed E-state index contributed by atoms with van der Waals surface area (Å²) in [5.41, 5.74) is -1.13. The number of amides is 2. The van der Waals surface area contributed by atoms with Crippen LogP contribution >= 0.6 is 15.9 Å². The number of carbonyl (C=O) groups excluding carboxylic acids is 2. The zero-order valence-electron chi connectivity index (χ0n) is 18.7. The van der Waals surface area contributed by atoms with Crippen molar-refractivity contribution in [2.45, 2.75) is 43.6 Å². The van der Waals surface area contributed by atoms with Crippen molar-refractivity contribution in [3.8, 4) is 0 Å². The SMILES string of the molecule is Cc1cc(C(/C=C/c2ccc(C(=O)NC3(C(=O)NCC(F)(F)F)CC3)c(Br)c2)C(F)(F)F)ccc1F. The molecule has 0 heterocycles. The van der Waals surface area contributed by atoms with Crippen molar-refractivity contribution in [1.29, 1.82) is 0 Å². The standard InChI is InChI=1S/C24H20BrF7N2O2/c1-13-10-15(4-7-19(13)26)17(24(30,31)32)6-3-14-2-5-16(18(25)11-14)20(35)34-22(8-9-22)21(36)33-12-23(27,28)29/h2-7,10-11,17H,8-9,12H2,1H3,(H,33,36)(H,34,35)/b6-3+. The van der Waals surface area contributed by atoms with E-state index < -0.39 is 48.0 Å². The van der Waals surface area contributed by atoms with Crippen LogP contribution < -0.4 is 10.6 Å². The maximum Gasteiger partial charge on any atom is 0.405 e. The molecule has 1 fully saturated rings. The summed E-state index contributed by atoms with van der Waals surface area (Å²) in [5.74, 6) is -4.29. The van der Waals surface area contributed by atoms with Crippen molar-refractivity contribution in [2.24, 2.45) is 0 Å². The Balaban J connectivity index is 1.74. The lowest BCUT2D eigenvalue weighted by atomic mass is 9.95. The van der Waals surface area contributed by atoms with Crippen LogP contribution in [0.15, 0.2) is 46.9 Å². The van der Waals surface area contributed by atoms with E-state index >= 15 is 0 Å². The number of hydrogen-bond donors (Lipinski definition) is 2. The molecule has 0 aliphatic heterocycles. The molecule has 1 aliphatic carbocycles. The lowest BCUT2D eigenvalue weighted by Gasteiger charge is -2.19. The lowest BCUT2D eigenvalue weighted by Crippen LogP contribution is -2.50. The van der Waals surface area contributed by atoms with Gasteiger partial charge in [0.2, 0.25) is 5.91 Å². The summed E-state index contributed by atoms with van der Waals surface area (Å²) >= 11 is 3.17. The third-order valence-electron chi connectivity index (χ3n) is 5.60. The molecule has 2 N–H and O–H groups in total. The van der Waals surface area contributed by atoms with Crippen LogP contribution in [0, 0.1) is 12.7 Å². The van der Waals surface area contributed by atoms with Gasteiger partial charge in [-0.1, -0.05) is 30.4 Å². The first-order valence-corrected chi connectivity index (χ1v) is 11.4. The van der Waals surface area contributed by atoms with E-state index in [1.807, 2.05) is 0 Å². The van der Waals surface area contributed by atoms with Crippen LogP contribution in [0.3, 0.4) is 0 Å². The molecule has 4 nitrogen and oxygen atoms in total. The van der Waals surface area contributed by atoms with Crippen molar-refractivity contribution in [2.75, 3.05) is 6.54 Å². The number of nitrogens with one attached hydrogen (secondary N) is 2. The van der Waals surface area contributed by atoms with E-state index in [1.54, 1.807) is 5.32 Å². The number of rotatable bonds is 7. The number of halogens is 8. The van der Waals surface area contributed by atoms with Crippen LogP contribution in [0.1, 0.15) is 45.8 Å². The second-order valence-corrected chi connectivity index (χ2v) is 9.31. The van der Waals surface area contributed by atoms with Crippen LogP contribution in [-0.4, -0.2) is 36.3 Å². The van der Waals surface area contributed by atoms with E-state index in [-0.39, 0.29) is 34.0 Å². The Kier molecular flexibility index (Phi) is 7.87. The van der Waals surface area contributed by atoms with Crippen LogP contribution in [0.25, 0.3) is 6.08 Å². The number of alkyl halides is 6. The van der Waals surface area contributed by atoms with Gasteiger partial charge in [0.25, 0.3) is 5.91 Å². The fourth-order valence-corrected chi connectivity index (χ4v) is 4.04. The van der Waals surface area contributed by atoms with Gasteiger partial charge in [0, 0.05) is 4.47 Å². The highest BCUT2D eigenvalue weighted by Crippen LogP contribution is 2.38. The fraction of sp³-hybridized carbons (Fsp3) is 0.333. The quantitative estimate of drug-likeness (QED) is 0.383. The Morgan fingerprint density at radius 3 is 2.28 bits per heavy atom. The maximum atomic E-state index is 13.6. The zero-order valence-corrected chi connectivity index (χ0v) is 20.2. The highest BCUT2D eigenvalue weighted by atomic mass is 79.9. The molecule has 36 heavy (non-hydrogen) atoms. The van der Waals surface area contributed by atoms with Crippen LogP contribution in [-0.2, 0) is 4.79 Å². The normalized spacial score (nSPS) is 16.0. The Bertz CT molecular complexity index is 1190. The molecule has 2 aromatic rings. The topological polar surface area (TPSA) is 58.2 Å². The summed E-state index contributed by atoms with van der Waals surface area (Å²) in [4.78, 5) is 24.7. The number of benzene rings is 2. The summed E-state index contributed by atoms with van der Waals surface area (Å²) in [6.45, 7) is -0.160. The minimum absolute atomic E-state index is 0.0450. The van der Waals surface area contributed by atoms with Gasteiger partial charge in [-0.05, 0) is 70.6 Å². The van der Waals surface area contributed by atoms with Crippen molar-refractivity contribution >= 4 is 33.8 Å². The number of aryl methyl sites for hydroxylation is 1. The maximum absolute atomic E-state index is 13.6. The first-order valence-electron chi connectivity index (χ1n) is 10.6.